The predicted molar refractivity (Wildman–Crippen MR) is 97.9 cm³/mol. The second-order valence-corrected chi connectivity index (χ2v) is 8.31. The van der Waals surface area contributed by atoms with Crippen molar-refractivity contribution in [3.8, 4) is 5.75 Å². The predicted octanol–water partition coefficient (Wildman–Crippen LogP) is 3.70. The number of benzene rings is 1. The van der Waals surface area contributed by atoms with Gasteiger partial charge in [-0.05, 0) is 37.8 Å². The van der Waals surface area contributed by atoms with E-state index in [0.717, 1.165) is 6.07 Å². The maximum Gasteiger partial charge on any atom is 0.522 e. The van der Waals surface area contributed by atoms with E-state index in [0.29, 0.717) is 25.2 Å². The van der Waals surface area contributed by atoms with Crippen molar-refractivity contribution < 1.29 is 36.2 Å². The molecule has 0 spiro atoms. The second kappa shape index (κ2) is 7.94. The summed E-state index contributed by atoms with van der Waals surface area (Å²) < 4.78 is 63.9. The molecule has 2 aromatic rings. The summed E-state index contributed by atoms with van der Waals surface area (Å²) >= 11 is 5.60. The highest BCUT2D eigenvalue weighted by Crippen LogP contribution is 2.67. The molecule has 12 heteroatoms. The summed E-state index contributed by atoms with van der Waals surface area (Å²) in [5.41, 5.74) is -0.665. The van der Waals surface area contributed by atoms with Crippen LogP contribution in [0.25, 0.3) is 0 Å². The third-order valence-electron chi connectivity index (χ3n) is 5.42. The van der Waals surface area contributed by atoms with Crippen LogP contribution in [0.1, 0.15) is 37.5 Å². The van der Waals surface area contributed by atoms with E-state index >= 15 is 0 Å². The first-order chi connectivity index (χ1) is 14.6. The molecule has 7 nitrogen and oxygen atoms in total. The van der Waals surface area contributed by atoms with Gasteiger partial charge in [0.25, 0.3) is 5.91 Å². The molecular weight excluding hydrogens is 446 g/mol. The number of hydrogen-bond donors (Lipinski definition) is 1. The zero-order valence-electron chi connectivity index (χ0n) is 16.1. The summed E-state index contributed by atoms with van der Waals surface area (Å²) in [5, 5.41) is 10.8. The summed E-state index contributed by atoms with van der Waals surface area (Å²) in [6.07, 6.45) is -2.49. The SMILES string of the molecule is O=C(COc1ccc(Cl)c(F)c1)NC12CC(c3nnc(CCCOC(F)(F)F)o3)(C1)C2. The number of amides is 1. The topological polar surface area (TPSA) is 86.5 Å². The molecule has 0 saturated heterocycles. The fraction of sp³-hybridized carbons (Fsp3) is 0.526. The van der Waals surface area contributed by atoms with Crippen molar-refractivity contribution in [3.05, 3.63) is 40.8 Å². The van der Waals surface area contributed by atoms with Crippen LogP contribution in [0.5, 0.6) is 5.75 Å². The van der Waals surface area contributed by atoms with Crippen LogP contribution in [-0.4, -0.2) is 41.2 Å². The molecular formula is C19H18ClF4N3O4. The Kier molecular flexibility index (Phi) is 5.59. The lowest BCUT2D eigenvalue weighted by Gasteiger charge is -2.68. The van der Waals surface area contributed by atoms with Gasteiger partial charge in [0.1, 0.15) is 11.6 Å². The molecule has 1 amide bonds. The largest absolute Gasteiger partial charge is 0.522 e. The average molecular weight is 464 g/mol. The Labute approximate surface area is 179 Å². The van der Waals surface area contributed by atoms with Gasteiger partial charge < -0.3 is 14.5 Å². The highest BCUT2D eigenvalue weighted by atomic mass is 35.5. The van der Waals surface area contributed by atoms with Gasteiger partial charge in [0.05, 0.1) is 17.0 Å². The highest BCUT2D eigenvalue weighted by Gasteiger charge is 2.71. The Hall–Kier alpha value is -2.40. The summed E-state index contributed by atoms with van der Waals surface area (Å²) in [7, 11) is 0. The molecule has 1 aromatic heterocycles. The maximum atomic E-state index is 13.4. The zero-order chi connectivity index (χ0) is 22.3. The van der Waals surface area contributed by atoms with Gasteiger partial charge in [-0.3, -0.25) is 9.53 Å². The van der Waals surface area contributed by atoms with Crippen molar-refractivity contribution in [2.24, 2.45) is 0 Å². The van der Waals surface area contributed by atoms with Crippen molar-refractivity contribution in [2.75, 3.05) is 13.2 Å². The van der Waals surface area contributed by atoms with Crippen LogP contribution < -0.4 is 10.1 Å². The standard InChI is InChI=1S/C19H18ClF4N3O4/c20-12-4-3-11(6-13(12)21)29-7-14(28)25-18-8-17(9-18,10-18)16-27-26-15(31-16)2-1-5-30-19(22,23)24/h3-4,6H,1-2,5,7-10H2,(H,25,28). The van der Waals surface area contributed by atoms with Crippen LogP contribution in [0.2, 0.25) is 5.02 Å². The molecule has 0 unspecified atom stereocenters. The molecule has 5 rings (SSSR count). The summed E-state index contributed by atoms with van der Waals surface area (Å²) in [6, 6.07) is 3.92. The Morgan fingerprint density at radius 1 is 1.26 bits per heavy atom. The van der Waals surface area contributed by atoms with E-state index in [-0.39, 0.29) is 53.0 Å². The minimum Gasteiger partial charge on any atom is -0.484 e. The van der Waals surface area contributed by atoms with Crippen LogP contribution in [0.15, 0.2) is 22.6 Å². The molecule has 3 saturated carbocycles. The first-order valence-corrected chi connectivity index (χ1v) is 9.88. The third-order valence-corrected chi connectivity index (χ3v) is 5.72. The fourth-order valence-electron chi connectivity index (χ4n) is 4.17. The highest BCUT2D eigenvalue weighted by molar-refractivity contribution is 6.30. The summed E-state index contributed by atoms with van der Waals surface area (Å²) in [4.78, 5) is 12.2. The van der Waals surface area contributed by atoms with Gasteiger partial charge in [-0.2, -0.15) is 0 Å². The molecule has 3 aliphatic carbocycles. The number of halogens is 5. The molecule has 1 N–H and O–H groups in total. The van der Waals surface area contributed by atoms with Crippen LogP contribution in [0, 0.1) is 5.82 Å². The lowest BCUT2D eigenvalue weighted by Crippen LogP contribution is -2.77. The van der Waals surface area contributed by atoms with E-state index in [1.807, 2.05) is 0 Å². The number of nitrogens with one attached hydrogen (secondary N) is 1. The molecule has 1 aromatic carbocycles. The van der Waals surface area contributed by atoms with Crippen molar-refractivity contribution >= 4 is 17.5 Å². The van der Waals surface area contributed by atoms with Crippen LogP contribution in [0.3, 0.4) is 0 Å². The number of aromatic nitrogens is 2. The number of aryl methyl sites for hydroxylation is 1. The Bertz CT molecular complexity index is 962. The van der Waals surface area contributed by atoms with E-state index in [2.05, 4.69) is 20.3 Å². The van der Waals surface area contributed by atoms with Gasteiger partial charge in [0.2, 0.25) is 11.8 Å². The van der Waals surface area contributed by atoms with E-state index in [9.17, 15) is 22.4 Å². The van der Waals surface area contributed by atoms with Crippen LogP contribution in [-0.2, 0) is 21.4 Å². The van der Waals surface area contributed by atoms with Crippen LogP contribution in [0.4, 0.5) is 17.6 Å². The first-order valence-electron chi connectivity index (χ1n) is 9.51. The number of alkyl halides is 3. The molecule has 2 bridgehead atoms. The number of nitrogens with zero attached hydrogens (tertiary/aromatic N) is 2. The monoisotopic (exact) mass is 463 g/mol. The average Bonchev–Trinajstić information content (AvgIpc) is 3.09. The lowest BCUT2D eigenvalue weighted by molar-refractivity contribution is -0.324. The number of ether oxygens (including phenoxy) is 2. The van der Waals surface area contributed by atoms with E-state index in [1.54, 1.807) is 0 Å². The Morgan fingerprint density at radius 2 is 2.00 bits per heavy atom. The van der Waals surface area contributed by atoms with E-state index in [1.165, 1.54) is 12.1 Å². The van der Waals surface area contributed by atoms with Gasteiger partial charge in [-0.15, -0.1) is 23.4 Å². The molecule has 3 fully saturated rings. The Morgan fingerprint density at radius 3 is 2.68 bits per heavy atom. The van der Waals surface area contributed by atoms with Crippen molar-refractivity contribution in [1.82, 2.24) is 15.5 Å². The van der Waals surface area contributed by atoms with E-state index in [4.69, 9.17) is 20.8 Å². The van der Waals surface area contributed by atoms with Crippen molar-refractivity contribution in [3.63, 3.8) is 0 Å². The fourth-order valence-corrected chi connectivity index (χ4v) is 4.29. The summed E-state index contributed by atoms with van der Waals surface area (Å²) in [6.45, 7) is -0.743. The van der Waals surface area contributed by atoms with Gasteiger partial charge in [-0.1, -0.05) is 11.6 Å². The van der Waals surface area contributed by atoms with Crippen molar-refractivity contribution in [2.45, 2.75) is 49.4 Å². The molecule has 31 heavy (non-hydrogen) atoms. The molecule has 0 atom stereocenters. The molecule has 3 aliphatic rings. The first kappa shape index (κ1) is 21.8. The molecule has 0 aliphatic heterocycles. The normalized spacial score (nSPS) is 24.3. The summed E-state index contributed by atoms with van der Waals surface area (Å²) in [5.74, 6) is -0.0761. The van der Waals surface area contributed by atoms with Gasteiger partial charge in [0.15, 0.2) is 6.61 Å². The van der Waals surface area contributed by atoms with Crippen LogP contribution >= 0.6 is 11.6 Å². The number of hydrogen-bond acceptors (Lipinski definition) is 6. The smallest absolute Gasteiger partial charge is 0.484 e. The second-order valence-electron chi connectivity index (χ2n) is 7.90. The Balaban J connectivity index is 1.20. The minimum absolute atomic E-state index is 0.0326. The molecule has 0 radical (unpaired) electrons. The van der Waals surface area contributed by atoms with E-state index < -0.39 is 18.8 Å². The van der Waals surface area contributed by atoms with Gasteiger partial charge in [-0.25, -0.2) is 4.39 Å². The third kappa shape index (κ3) is 4.77. The minimum atomic E-state index is -4.65. The van der Waals surface area contributed by atoms with Gasteiger partial charge >= 0.3 is 6.36 Å². The molecule has 168 valence electrons. The van der Waals surface area contributed by atoms with Gasteiger partial charge in [0, 0.05) is 18.0 Å². The lowest BCUT2D eigenvalue weighted by atomic mass is 9.39. The zero-order valence-corrected chi connectivity index (χ0v) is 16.9. The number of carbonyl (C=O) groups is 1. The maximum absolute atomic E-state index is 13.4. The molecule has 1 heterocycles. The quantitative estimate of drug-likeness (QED) is 0.451. The number of rotatable bonds is 9. The van der Waals surface area contributed by atoms with Crippen molar-refractivity contribution in [1.29, 1.82) is 0 Å². The number of carbonyl (C=O) groups excluding carboxylic acids is 1.